The lowest BCUT2D eigenvalue weighted by Gasteiger charge is -2.10. The molecule has 0 saturated carbocycles. The van der Waals surface area contributed by atoms with Gasteiger partial charge in [0.2, 0.25) is 0 Å². The van der Waals surface area contributed by atoms with Gasteiger partial charge < -0.3 is 4.74 Å². The number of hydrogen-bond acceptors (Lipinski definition) is 2. The summed E-state index contributed by atoms with van der Waals surface area (Å²) >= 11 is 3.43. The first-order valence-electron chi connectivity index (χ1n) is 5.97. The Balaban J connectivity index is 2.79. The van der Waals surface area contributed by atoms with Crippen molar-refractivity contribution in [3.05, 3.63) is 34.9 Å². The van der Waals surface area contributed by atoms with Crippen LogP contribution in [0.5, 0.6) is 0 Å². The van der Waals surface area contributed by atoms with Crippen LogP contribution >= 0.6 is 15.9 Å². The first-order chi connectivity index (χ1) is 8.17. The van der Waals surface area contributed by atoms with E-state index in [9.17, 15) is 4.79 Å². The number of alkyl halides is 1. The first kappa shape index (κ1) is 14.2. The molecule has 17 heavy (non-hydrogen) atoms. The van der Waals surface area contributed by atoms with Crippen LogP contribution in [0, 0.1) is 6.92 Å². The number of carbonyl (C=O) groups is 1. The van der Waals surface area contributed by atoms with Crippen LogP contribution in [-0.2, 0) is 22.4 Å². The molecule has 1 aromatic rings. The SMILES string of the molecule is CCOC(=O)Cc1cc(C)ccc1CCCBr. The van der Waals surface area contributed by atoms with Crippen LogP contribution in [0.4, 0.5) is 0 Å². The number of ether oxygens (including phenoxy) is 1. The van der Waals surface area contributed by atoms with Gasteiger partial charge in [-0.25, -0.2) is 0 Å². The molecule has 0 heterocycles. The summed E-state index contributed by atoms with van der Waals surface area (Å²) in [5.74, 6) is -0.141. The molecule has 1 aromatic carbocycles. The molecule has 0 fully saturated rings. The third-order valence-electron chi connectivity index (χ3n) is 2.58. The van der Waals surface area contributed by atoms with Gasteiger partial charge >= 0.3 is 5.97 Å². The minimum atomic E-state index is -0.141. The molecule has 0 aliphatic rings. The van der Waals surface area contributed by atoms with Crippen molar-refractivity contribution in [2.24, 2.45) is 0 Å². The Morgan fingerprint density at radius 3 is 2.76 bits per heavy atom. The highest BCUT2D eigenvalue weighted by molar-refractivity contribution is 9.09. The molecular weight excluding hydrogens is 280 g/mol. The third-order valence-corrected chi connectivity index (χ3v) is 3.14. The summed E-state index contributed by atoms with van der Waals surface area (Å²) < 4.78 is 5.00. The topological polar surface area (TPSA) is 26.3 Å². The fourth-order valence-corrected chi connectivity index (χ4v) is 2.07. The number of rotatable bonds is 6. The molecule has 0 atom stereocenters. The Kier molecular flexibility index (Phi) is 6.27. The molecule has 0 radical (unpaired) electrons. The molecule has 1 rings (SSSR count). The standard InChI is InChI=1S/C14H19BrO2/c1-3-17-14(16)10-13-9-11(2)6-7-12(13)5-4-8-15/h6-7,9H,3-5,8,10H2,1-2H3. The van der Waals surface area contributed by atoms with E-state index >= 15 is 0 Å². The molecule has 2 nitrogen and oxygen atoms in total. The Bertz CT molecular complexity index is 374. The average Bonchev–Trinajstić information content (AvgIpc) is 2.28. The van der Waals surface area contributed by atoms with Gasteiger partial charge in [-0.2, -0.15) is 0 Å². The van der Waals surface area contributed by atoms with Crippen molar-refractivity contribution < 1.29 is 9.53 Å². The summed E-state index contributed by atoms with van der Waals surface area (Å²) in [5.41, 5.74) is 3.54. The van der Waals surface area contributed by atoms with Gasteiger partial charge in [0, 0.05) is 5.33 Å². The minimum Gasteiger partial charge on any atom is -0.466 e. The Hall–Kier alpha value is -0.830. The number of benzene rings is 1. The molecule has 0 spiro atoms. The lowest BCUT2D eigenvalue weighted by molar-refractivity contribution is -0.142. The van der Waals surface area contributed by atoms with E-state index in [4.69, 9.17) is 4.74 Å². The summed E-state index contributed by atoms with van der Waals surface area (Å²) in [4.78, 5) is 11.5. The predicted octanol–water partition coefficient (Wildman–Crippen LogP) is 3.43. The molecule has 0 unspecified atom stereocenters. The van der Waals surface area contributed by atoms with E-state index in [0.717, 1.165) is 23.7 Å². The lowest BCUT2D eigenvalue weighted by atomic mass is 9.98. The number of halogens is 1. The van der Waals surface area contributed by atoms with Crippen molar-refractivity contribution in [2.45, 2.75) is 33.1 Å². The highest BCUT2D eigenvalue weighted by atomic mass is 79.9. The molecule has 0 saturated heterocycles. The molecule has 0 N–H and O–H groups in total. The van der Waals surface area contributed by atoms with Crippen molar-refractivity contribution in [2.75, 3.05) is 11.9 Å². The maximum absolute atomic E-state index is 11.5. The van der Waals surface area contributed by atoms with Gasteiger partial charge in [-0.1, -0.05) is 39.7 Å². The van der Waals surface area contributed by atoms with Crippen molar-refractivity contribution >= 4 is 21.9 Å². The van der Waals surface area contributed by atoms with E-state index < -0.39 is 0 Å². The van der Waals surface area contributed by atoms with Crippen LogP contribution in [0.25, 0.3) is 0 Å². The first-order valence-corrected chi connectivity index (χ1v) is 7.09. The zero-order valence-corrected chi connectivity index (χ0v) is 12.0. The second-order valence-corrected chi connectivity index (χ2v) is 4.84. The van der Waals surface area contributed by atoms with E-state index in [2.05, 4.69) is 34.1 Å². The van der Waals surface area contributed by atoms with Gasteiger partial charge in [0.05, 0.1) is 13.0 Å². The summed E-state index contributed by atoms with van der Waals surface area (Å²) in [7, 11) is 0. The second-order valence-electron chi connectivity index (χ2n) is 4.05. The predicted molar refractivity (Wildman–Crippen MR) is 73.6 cm³/mol. The van der Waals surface area contributed by atoms with Crippen LogP contribution < -0.4 is 0 Å². The summed E-state index contributed by atoms with van der Waals surface area (Å²) in [6, 6.07) is 6.30. The summed E-state index contributed by atoms with van der Waals surface area (Å²) in [6.45, 7) is 4.32. The molecule has 0 amide bonds. The average molecular weight is 299 g/mol. The maximum Gasteiger partial charge on any atom is 0.310 e. The minimum absolute atomic E-state index is 0.141. The van der Waals surface area contributed by atoms with Gasteiger partial charge in [0.1, 0.15) is 0 Å². The van der Waals surface area contributed by atoms with Crippen molar-refractivity contribution in [3.8, 4) is 0 Å². The molecule has 0 aliphatic heterocycles. The Morgan fingerprint density at radius 1 is 1.35 bits per heavy atom. The third kappa shape index (κ3) is 4.90. The number of carbonyl (C=O) groups excluding carboxylic acids is 1. The largest absolute Gasteiger partial charge is 0.466 e. The monoisotopic (exact) mass is 298 g/mol. The van der Waals surface area contributed by atoms with E-state index in [0.29, 0.717) is 13.0 Å². The molecule has 0 aliphatic carbocycles. The van der Waals surface area contributed by atoms with Crippen molar-refractivity contribution in [1.29, 1.82) is 0 Å². The second kappa shape index (κ2) is 7.49. The fourth-order valence-electron chi connectivity index (χ4n) is 1.79. The van der Waals surface area contributed by atoms with Crippen LogP contribution in [0.15, 0.2) is 18.2 Å². The maximum atomic E-state index is 11.5. The van der Waals surface area contributed by atoms with Crippen molar-refractivity contribution in [1.82, 2.24) is 0 Å². The highest BCUT2D eigenvalue weighted by Gasteiger charge is 2.08. The van der Waals surface area contributed by atoms with E-state index in [1.807, 2.05) is 13.8 Å². The number of esters is 1. The molecular formula is C14H19BrO2. The summed E-state index contributed by atoms with van der Waals surface area (Å²) in [6.07, 6.45) is 2.46. The Morgan fingerprint density at radius 2 is 2.12 bits per heavy atom. The normalized spacial score (nSPS) is 10.3. The van der Waals surface area contributed by atoms with Gasteiger partial charge in [-0.3, -0.25) is 4.79 Å². The zero-order valence-electron chi connectivity index (χ0n) is 10.5. The molecule has 0 aromatic heterocycles. The summed E-state index contributed by atoms with van der Waals surface area (Å²) in [5, 5.41) is 0.986. The van der Waals surface area contributed by atoms with Gasteiger partial charge in [0.25, 0.3) is 0 Å². The molecule has 94 valence electrons. The number of aryl methyl sites for hydroxylation is 2. The highest BCUT2D eigenvalue weighted by Crippen LogP contribution is 2.15. The van der Waals surface area contributed by atoms with Gasteiger partial charge in [0.15, 0.2) is 0 Å². The lowest BCUT2D eigenvalue weighted by Crippen LogP contribution is -2.09. The van der Waals surface area contributed by atoms with Crippen LogP contribution in [0.3, 0.4) is 0 Å². The quantitative estimate of drug-likeness (QED) is 0.594. The van der Waals surface area contributed by atoms with E-state index in [-0.39, 0.29) is 5.97 Å². The fraction of sp³-hybridized carbons (Fsp3) is 0.500. The zero-order chi connectivity index (χ0) is 12.7. The molecule has 3 heteroatoms. The van der Waals surface area contributed by atoms with Gasteiger partial charge in [-0.05, 0) is 37.8 Å². The van der Waals surface area contributed by atoms with Crippen LogP contribution in [-0.4, -0.2) is 17.9 Å². The smallest absolute Gasteiger partial charge is 0.310 e. The van der Waals surface area contributed by atoms with Gasteiger partial charge in [-0.15, -0.1) is 0 Å². The van der Waals surface area contributed by atoms with Crippen LogP contribution in [0.2, 0.25) is 0 Å². The molecule has 0 bridgehead atoms. The van der Waals surface area contributed by atoms with Crippen molar-refractivity contribution in [3.63, 3.8) is 0 Å². The Labute approximate surface area is 111 Å². The van der Waals surface area contributed by atoms with E-state index in [1.165, 1.54) is 11.1 Å². The number of hydrogen-bond donors (Lipinski definition) is 0. The van der Waals surface area contributed by atoms with E-state index in [1.54, 1.807) is 0 Å². The van der Waals surface area contributed by atoms with Crippen LogP contribution in [0.1, 0.15) is 30.0 Å².